The summed E-state index contributed by atoms with van der Waals surface area (Å²) in [5, 5.41) is 26.6. The van der Waals surface area contributed by atoms with E-state index < -0.39 is 61.6 Å². The number of anilines is 1. The summed E-state index contributed by atoms with van der Waals surface area (Å²) in [5.41, 5.74) is 1.48. The minimum absolute atomic E-state index is 0.213. The standard InChI is InChI=1S/C24H25F2N5O8S2/c25-17-9-14(10-18(26)22(17)41(36,37)30(24(32)33)20-12-40-13-27-20)39-19-6-2-1-5-15(19)16-11-29(28-23(16)31(34)35)21-7-3-4-8-38-21/h9-13,15,19,21H,1-8H2,(H,32,33)/t15-,19+,21?/m1/s1. The minimum atomic E-state index is -5.24. The molecule has 13 nitrogen and oxygen atoms in total. The lowest BCUT2D eigenvalue weighted by molar-refractivity contribution is -0.391. The summed E-state index contributed by atoms with van der Waals surface area (Å²) < 4.78 is 69.2. The Hall–Kier alpha value is -3.70. The third-order valence-corrected chi connectivity index (χ3v) is 9.33. The summed E-state index contributed by atoms with van der Waals surface area (Å²) in [6.07, 6.45) is 3.13. The van der Waals surface area contributed by atoms with Crippen LogP contribution in [-0.2, 0) is 14.8 Å². The summed E-state index contributed by atoms with van der Waals surface area (Å²) in [5.74, 6) is -4.91. The van der Waals surface area contributed by atoms with Crippen LogP contribution in [0.1, 0.15) is 62.7 Å². The Labute approximate surface area is 236 Å². The molecule has 3 heterocycles. The van der Waals surface area contributed by atoms with Gasteiger partial charge in [-0.3, -0.25) is 0 Å². The molecule has 2 fully saturated rings. The molecule has 17 heteroatoms. The third kappa shape index (κ3) is 5.73. The van der Waals surface area contributed by atoms with Gasteiger partial charge in [0.1, 0.15) is 23.5 Å². The Morgan fingerprint density at radius 1 is 1.20 bits per heavy atom. The quantitative estimate of drug-likeness (QED) is 0.263. The zero-order valence-corrected chi connectivity index (χ0v) is 23.0. The normalized spacial score (nSPS) is 21.4. The molecule has 2 aliphatic rings. The number of rotatable bonds is 8. The predicted octanol–water partition coefficient (Wildman–Crippen LogP) is 5.20. The number of aromatic nitrogens is 3. The summed E-state index contributed by atoms with van der Waals surface area (Å²) in [6.45, 7) is 0.514. The Kier molecular flexibility index (Phi) is 8.19. The van der Waals surface area contributed by atoms with Crippen molar-refractivity contribution < 1.29 is 41.5 Å². The maximum absolute atomic E-state index is 15.2. The Bertz CT molecular complexity index is 1520. The van der Waals surface area contributed by atoms with Crippen LogP contribution in [0.3, 0.4) is 0 Å². The number of carboxylic acid groups (broad SMARTS) is 1. The number of nitro groups is 1. The van der Waals surface area contributed by atoms with Crippen LogP contribution < -0.4 is 9.04 Å². The molecule has 5 rings (SSSR count). The fourth-order valence-corrected chi connectivity index (χ4v) is 7.15. The Balaban J connectivity index is 1.44. The lowest BCUT2D eigenvalue weighted by Crippen LogP contribution is -2.37. The number of carbonyl (C=O) groups is 1. The predicted molar refractivity (Wildman–Crippen MR) is 140 cm³/mol. The van der Waals surface area contributed by atoms with Gasteiger partial charge in [0.2, 0.25) is 0 Å². The highest BCUT2D eigenvalue weighted by atomic mass is 32.2. The SMILES string of the molecule is O=C(O)N(c1cscn1)S(=O)(=O)c1c(F)cc(O[C@H]2CCCC[C@@H]2c2cn(C3CCCCO3)nc2[N+](=O)[O-])cc1F. The molecule has 3 aromatic rings. The molecule has 1 aliphatic carbocycles. The first-order chi connectivity index (χ1) is 19.6. The van der Waals surface area contributed by atoms with Crippen LogP contribution in [0.4, 0.5) is 25.2 Å². The highest BCUT2D eigenvalue weighted by Crippen LogP contribution is 2.41. The van der Waals surface area contributed by atoms with Gasteiger partial charge in [0, 0.05) is 30.0 Å². The topological polar surface area (TPSA) is 167 Å². The van der Waals surface area contributed by atoms with E-state index in [1.54, 1.807) is 6.20 Å². The van der Waals surface area contributed by atoms with Crippen molar-refractivity contribution in [2.24, 2.45) is 0 Å². The van der Waals surface area contributed by atoms with E-state index in [1.165, 1.54) is 10.2 Å². The highest BCUT2D eigenvalue weighted by molar-refractivity contribution is 7.93. The van der Waals surface area contributed by atoms with Gasteiger partial charge in [-0.05, 0) is 43.4 Å². The fraction of sp³-hybridized carbons (Fsp3) is 0.458. The van der Waals surface area contributed by atoms with Crippen LogP contribution in [0.15, 0.2) is 34.1 Å². The number of benzene rings is 1. The molecule has 0 radical (unpaired) electrons. The summed E-state index contributed by atoms with van der Waals surface area (Å²) >= 11 is 0.894. The molecule has 2 aromatic heterocycles. The first-order valence-corrected chi connectivity index (χ1v) is 15.1. The van der Waals surface area contributed by atoms with E-state index in [9.17, 15) is 28.4 Å². The lowest BCUT2D eigenvalue weighted by Gasteiger charge is -2.31. The molecule has 220 valence electrons. The number of ether oxygens (including phenoxy) is 2. The van der Waals surface area contributed by atoms with Crippen molar-refractivity contribution >= 4 is 39.1 Å². The minimum Gasteiger partial charge on any atom is -0.490 e. The van der Waals surface area contributed by atoms with E-state index in [-0.39, 0.29) is 15.9 Å². The molecule has 1 amide bonds. The molecule has 1 aromatic carbocycles. The van der Waals surface area contributed by atoms with E-state index >= 15 is 8.78 Å². The lowest BCUT2D eigenvalue weighted by atomic mass is 9.82. The average molecular weight is 614 g/mol. The molecule has 41 heavy (non-hydrogen) atoms. The maximum Gasteiger partial charge on any atom is 0.427 e. The van der Waals surface area contributed by atoms with E-state index in [2.05, 4.69) is 10.1 Å². The van der Waals surface area contributed by atoms with Crippen LogP contribution in [-0.4, -0.2) is 52.0 Å². The molecule has 0 spiro atoms. The number of halogens is 2. The van der Waals surface area contributed by atoms with Crippen molar-refractivity contribution in [3.8, 4) is 5.75 Å². The molecule has 1 unspecified atom stereocenters. The monoisotopic (exact) mass is 613 g/mol. The molecule has 1 N–H and O–H groups in total. The average Bonchev–Trinajstić information content (AvgIpc) is 3.59. The van der Waals surface area contributed by atoms with E-state index in [0.29, 0.717) is 50.0 Å². The number of hydrogen-bond acceptors (Lipinski definition) is 10. The van der Waals surface area contributed by atoms with Crippen molar-refractivity contribution in [2.45, 2.75) is 68.1 Å². The second-order valence-corrected chi connectivity index (χ2v) is 12.1. The number of sulfonamides is 1. The molecule has 1 saturated carbocycles. The second-order valence-electron chi connectivity index (χ2n) is 9.63. The summed E-state index contributed by atoms with van der Waals surface area (Å²) in [7, 11) is -5.24. The maximum atomic E-state index is 15.2. The van der Waals surface area contributed by atoms with Gasteiger partial charge in [0.25, 0.3) is 10.0 Å². The first-order valence-electron chi connectivity index (χ1n) is 12.7. The van der Waals surface area contributed by atoms with Crippen LogP contribution in [0.5, 0.6) is 5.75 Å². The number of hydrogen-bond donors (Lipinski definition) is 1. The fourth-order valence-electron chi connectivity index (χ4n) is 5.22. The van der Waals surface area contributed by atoms with Crippen molar-refractivity contribution in [1.82, 2.24) is 14.8 Å². The van der Waals surface area contributed by atoms with Gasteiger partial charge < -0.3 is 24.7 Å². The molecular formula is C24H25F2N5O8S2. The third-order valence-electron chi connectivity index (χ3n) is 7.02. The van der Waals surface area contributed by atoms with Gasteiger partial charge in [0.05, 0.1) is 22.4 Å². The van der Waals surface area contributed by atoms with E-state index in [0.717, 1.165) is 36.0 Å². The largest absolute Gasteiger partial charge is 0.490 e. The number of thiazole rings is 1. The van der Waals surface area contributed by atoms with Gasteiger partial charge in [-0.25, -0.2) is 27.0 Å². The van der Waals surface area contributed by atoms with Gasteiger partial charge in [-0.2, -0.15) is 4.68 Å². The van der Waals surface area contributed by atoms with Crippen molar-refractivity contribution in [2.75, 3.05) is 10.9 Å². The molecule has 1 saturated heterocycles. The van der Waals surface area contributed by atoms with Gasteiger partial charge >= 0.3 is 11.9 Å². The van der Waals surface area contributed by atoms with Crippen LogP contribution in [0, 0.1) is 21.7 Å². The first kappa shape index (κ1) is 28.8. The number of amides is 1. The Morgan fingerprint density at radius 2 is 1.90 bits per heavy atom. The molecular weight excluding hydrogens is 588 g/mol. The molecule has 0 bridgehead atoms. The van der Waals surface area contributed by atoms with Crippen molar-refractivity contribution in [3.63, 3.8) is 0 Å². The Morgan fingerprint density at radius 3 is 2.51 bits per heavy atom. The zero-order valence-electron chi connectivity index (χ0n) is 21.4. The van der Waals surface area contributed by atoms with Crippen LogP contribution in [0.2, 0.25) is 0 Å². The van der Waals surface area contributed by atoms with Gasteiger partial charge in [-0.15, -0.1) is 15.6 Å². The zero-order chi connectivity index (χ0) is 29.3. The highest BCUT2D eigenvalue weighted by Gasteiger charge is 2.39. The smallest absolute Gasteiger partial charge is 0.427 e. The van der Waals surface area contributed by atoms with E-state index in [1.807, 2.05) is 0 Å². The van der Waals surface area contributed by atoms with Crippen molar-refractivity contribution in [1.29, 1.82) is 0 Å². The van der Waals surface area contributed by atoms with Crippen LogP contribution >= 0.6 is 11.3 Å². The summed E-state index contributed by atoms with van der Waals surface area (Å²) in [4.78, 5) is 25.1. The van der Waals surface area contributed by atoms with Gasteiger partial charge in [-0.1, -0.05) is 6.42 Å². The number of nitrogens with zero attached hydrogens (tertiary/aromatic N) is 5. The van der Waals surface area contributed by atoms with E-state index in [4.69, 9.17) is 9.47 Å². The van der Waals surface area contributed by atoms with Crippen LogP contribution in [0.25, 0.3) is 0 Å². The molecule has 3 atom stereocenters. The molecule has 1 aliphatic heterocycles. The second kappa shape index (κ2) is 11.7. The summed E-state index contributed by atoms with van der Waals surface area (Å²) in [6, 6.07) is 1.30. The van der Waals surface area contributed by atoms with Crippen molar-refractivity contribution in [3.05, 3.63) is 56.5 Å². The van der Waals surface area contributed by atoms with Gasteiger partial charge in [0.15, 0.2) is 16.9 Å².